The Morgan fingerprint density at radius 1 is 1.40 bits per heavy atom. The van der Waals surface area contributed by atoms with E-state index >= 15 is 0 Å². The molecule has 0 bridgehead atoms. The van der Waals surface area contributed by atoms with Gasteiger partial charge in [0.05, 0.1) is 17.1 Å². The number of carboxylic acid groups (broad SMARTS) is 2. The van der Waals surface area contributed by atoms with Crippen LogP contribution in [0.2, 0.25) is 5.02 Å². The van der Waals surface area contributed by atoms with E-state index in [1.165, 1.54) is 18.3 Å². The van der Waals surface area contributed by atoms with Gasteiger partial charge in [0.15, 0.2) is 0 Å². The molecule has 0 amide bonds. The van der Waals surface area contributed by atoms with E-state index in [9.17, 15) is 9.59 Å². The summed E-state index contributed by atoms with van der Waals surface area (Å²) in [5, 5.41) is 17.7. The number of halogens is 1. The van der Waals surface area contributed by atoms with Crippen molar-refractivity contribution in [3.8, 4) is 0 Å². The molecule has 0 aliphatic heterocycles. The Bertz CT molecular complexity index is 376. The smallest absolute Gasteiger partial charge is 0.313 e. The largest absolute Gasteiger partial charge is 0.481 e. The molecule has 5 nitrogen and oxygen atoms in total. The summed E-state index contributed by atoms with van der Waals surface area (Å²) in [6.45, 7) is 0. The van der Waals surface area contributed by atoms with Gasteiger partial charge >= 0.3 is 11.9 Å². The molecule has 0 aliphatic carbocycles. The minimum atomic E-state index is -1.22. The fraction of sp³-hybridized carbons (Fsp3) is 0.222. The maximum Gasteiger partial charge on any atom is 0.313 e. The van der Waals surface area contributed by atoms with Crippen LogP contribution >= 0.6 is 11.6 Å². The van der Waals surface area contributed by atoms with Crippen molar-refractivity contribution in [3.63, 3.8) is 0 Å². The predicted molar refractivity (Wildman–Crippen MR) is 51.9 cm³/mol. The maximum absolute atomic E-state index is 10.8. The van der Waals surface area contributed by atoms with Gasteiger partial charge < -0.3 is 10.2 Å². The highest BCUT2D eigenvalue weighted by atomic mass is 35.5. The summed E-state index contributed by atoms with van der Waals surface area (Å²) in [7, 11) is 0. The average molecular weight is 230 g/mol. The van der Waals surface area contributed by atoms with Crippen molar-refractivity contribution >= 4 is 23.5 Å². The second kappa shape index (κ2) is 4.75. The molecule has 0 aliphatic rings. The normalized spacial score (nSPS) is 12.1. The van der Waals surface area contributed by atoms with Gasteiger partial charge in [0.2, 0.25) is 0 Å². The lowest BCUT2D eigenvalue weighted by molar-refractivity contribution is -0.145. The van der Waals surface area contributed by atoms with Crippen LogP contribution in [0.15, 0.2) is 18.3 Å². The molecule has 15 heavy (non-hydrogen) atoms. The fourth-order valence-electron chi connectivity index (χ4n) is 1.09. The van der Waals surface area contributed by atoms with Crippen LogP contribution in [0.3, 0.4) is 0 Å². The second-order valence-electron chi connectivity index (χ2n) is 2.89. The summed E-state index contributed by atoms with van der Waals surface area (Å²) in [6.07, 6.45) is 0.790. The monoisotopic (exact) mass is 229 g/mol. The van der Waals surface area contributed by atoms with Crippen molar-refractivity contribution < 1.29 is 19.8 Å². The topological polar surface area (TPSA) is 87.5 Å². The van der Waals surface area contributed by atoms with Gasteiger partial charge in [-0.2, -0.15) is 0 Å². The second-order valence-corrected chi connectivity index (χ2v) is 3.33. The first-order valence-electron chi connectivity index (χ1n) is 4.06. The molecule has 0 aromatic carbocycles. The third kappa shape index (κ3) is 3.21. The third-order valence-electron chi connectivity index (χ3n) is 1.78. The molecule has 1 atom stereocenters. The van der Waals surface area contributed by atoms with E-state index in [-0.39, 0.29) is 5.69 Å². The Balaban J connectivity index is 2.94. The summed E-state index contributed by atoms with van der Waals surface area (Å²) in [5.74, 6) is -3.54. The Morgan fingerprint density at radius 2 is 2.07 bits per heavy atom. The Labute approximate surface area is 90.3 Å². The molecular weight excluding hydrogens is 222 g/mol. The van der Waals surface area contributed by atoms with E-state index in [4.69, 9.17) is 21.8 Å². The van der Waals surface area contributed by atoms with Gasteiger partial charge in [0, 0.05) is 6.20 Å². The zero-order valence-corrected chi connectivity index (χ0v) is 8.31. The van der Waals surface area contributed by atoms with Crippen molar-refractivity contribution in [1.29, 1.82) is 0 Å². The minimum Gasteiger partial charge on any atom is -0.481 e. The third-order valence-corrected chi connectivity index (χ3v) is 2.01. The maximum atomic E-state index is 10.8. The van der Waals surface area contributed by atoms with Gasteiger partial charge in [-0.25, -0.2) is 0 Å². The number of carbonyl (C=O) groups is 2. The summed E-state index contributed by atoms with van der Waals surface area (Å²) >= 11 is 5.58. The molecule has 1 aromatic rings. The van der Waals surface area contributed by atoms with Crippen molar-refractivity contribution in [1.82, 2.24) is 4.98 Å². The number of pyridine rings is 1. The highest BCUT2D eigenvalue weighted by molar-refractivity contribution is 6.30. The average Bonchev–Trinajstić information content (AvgIpc) is 2.15. The Kier molecular flexibility index (Phi) is 3.62. The quantitative estimate of drug-likeness (QED) is 0.814. The van der Waals surface area contributed by atoms with Crippen molar-refractivity contribution in [3.05, 3.63) is 29.0 Å². The molecule has 1 rings (SSSR count). The molecule has 0 saturated carbocycles. The van der Waals surface area contributed by atoms with Gasteiger partial charge in [-0.1, -0.05) is 11.6 Å². The predicted octanol–water partition coefficient (Wildman–Crippen LogP) is 1.38. The number of aromatic nitrogens is 1. The van der Waals surface area contributed by atoms with Crippen LogP contribution in [0.1, 0.15) is 18.0 Å². The summed E-state index contributed by atoms with van der Waals surface area (Å²) < 4.78 is 0. The van der Waals surface area contributed by atoms with Gasteiger partial charge in [0.25, 0.3) is 0 Å². The van der Waals surface area contributed by atoms with Crippen molar-refractivity contribution in [2.45, 2.75) is 12.3 Å². The lowest BCUT2D eigenvalue weighted by atomic mass is 10.0. The van der Waals surface area contributed by atoms with Gasteiger partial charge in [-0.3, -0.25) is 14.6 Å². The molecule has 0 fully saturated rings. The van der Waals surface area contributed by atoms with Crippen LogP contribution < -0.4 is 0 Å². The molecule has 1 aromatic heterocycles. The summed E-state index contributed by atoms with van der Waals surface area (Å²) in [6, 6.07) is 2.88. The first-order valence-corrected chi connectivity index (χ1v) is 4.44. The lowest BCUT2D eigenvalue weighted by Crippen LogP contribution is -2.16. The Hall–Kier alpha value is -1.62. The highest BCUT2D eigenvalue weighted by Crippen LogP contribution is 2.19. The van der Waals surface area contributed by atoms with Crippen LogP contribution in [0, 0.1) is 0 Å². The van der Waals surface area contributed by atoms with Gasteiger partial charge in [-0.05, 0) is 12.1 Å². The molecule has 2 N–H and O–H groups in total. The van der Waals surface area contributed by atoms with Crippen LogP contribution in [0.5, 0.6) is 0 Å². The number of hydrogen-bond acceptors (Lipinski definition) is 3. The number of hydrogen-bond donors (Lipinski definition) is 2. The first-order chi connectivity index (χ1) is 7.00. The molecule has 80 valence electrons. The van der Waals surface area contributed by atoms with E-state index in [0.29, 0.717) is 5.02 Å². The Morgan fingerprint density at radius 3 is 2.47 bits per heavy atom. The van der Waals surface area contributed by atoms with Crippen LogP contribution in [0.25, 0.3) is 0 Å². The van der Waals surface area contributed by atoms with Crippen LogP contribution in [0.4, 0.5) is 0 Å². The van der Waals surface area contributed by atoms with Crippen LogP contribution in [-0.4, -0.2) is 27.1 Å². The fourth-order valence-corrected chi connectivity index (χ4v) is 1.20. The van der Waals surface area contributed by atoms with E-state index in [2.05, 4.69) is 4.98 Å². The van der Waals surface area contributed by atoms with E-state index in [0.717, 1.165) is 0 Å². The van der Waals surface area contributed by atoms with E-state index in [1.807, 2.05) is 0 Å². The molecular formula is C9H8ClNO4. The van der Waals surface area contributed by atoms with Crippen molar-refractivity contribution in [2.24, 2.45) is 0 Å². The first kappa shape index (κ1) is 11.5. The minimum absolute atomic E-state index is 0.189. The van der Waals surface area contributed by atoms with Gasteiger partial charge in [-0.15, -0.1) is 0 Å². The highest BCUT2D eigenvalue weighted by Gasteiger charge is 2.24. The summed E-state index contributed by atoms with van der Waals surface area (Å²) in [5.41, 5.74) is 0.189. The molecule has 1 unspecified atom stereocenters. The standard InChI is InChI=1S/C9H8ClNO4/c10-5-1-2-7(11-4-5)6(9(14)15)3-8(12)13/h1-2,4,6H,3H2,(H,12,13)(H,14,15). The summed E-state index contributed by atoms with van der Waals surface area (Å²) in [4.78, 5) is 25.0. The number of aliphatic carboxylic acids is 2. The number of carboxylic acids is 2. The zero-order chi connectivity index (χ0) is 11.4. The van der Waals surface area contributed by atoms with Gasteiger partial charge in [0.1, 0.15) is 5.92 Å². The SMILES string of the molecule is O=C(O)CC(C(=O)O)c1ccc(Cl)cn1. The molecule has 6 heteroatoms. The number of rotatable bonds is 4. The molecule has 0 saturated heterocycles. The van der Waals surface area contributed by atoms with Crippen molar-refractivity contribution in [2.75, 3.05) is 0 Å². The van der Waals surface area contributed by atoms with E-state index in [1.54, 1.807) is 0 Å². The number of nitrogens with zero attached hydrogens (tertiary/aromatic N) is 1. The lowest BCUT2D eigenvalue weighted by Gasteiger charge is -2.08. The van der Waals surface area contributed by atoms with Crippen LogP contribution in [-0.2, 0) is 9.59 Å². The molecule has 0 spiro atoms. The zero-order valence-electron chi connectivity index (χ0n) is 7.55. The molecule has 0 radical (unpaired) electrons. The van der Waals surface area contributed by atoms with E-state index < -0.39 is 24.3 Å². The molecule has 1 heterocycles.